The number of carbonyl (C=O) groups is 2. The molecule has 0 aromatic heterocycles. The summed E-state index contributed by atoms with van der Waals surface area (Å²) in [5.74, 6) is -2.08. The Labute approximate surface area is 106 Å². The number of carboxylic acid groups (broad SMARTS) is 2. The Morgan fingerprint density at radius 3 is 1.41 bits per heavy atom. The minimum Gasteiger partial charge on any atom is -0.478 e. The van der Waals surface area contributed by atoms with Crippen LogP contribution in [0.25, 0.3) is 0 Å². The summed E-state index contributed by atoms with van der Waals surface area (Å²) in [5.41, 5.74) is 1.29. The van der Waals surface area contributed by atoms with Gasteiger partial charge < -0.3 is 14.3 Å². The van der Waals surface area contributed by atoms with E-state index in [1.807, 2.05) is 0 Å². The third-order valence-electron chi connectivity index (χ3n) is 2.25. The summed E-state index contributed by atoms with van der Waals surface area (Å²) in [6.45, 7) is 3.20. The van der Waals surface area contributed by atoms with Crippen molar-refractivity contribution in [2.75, 3.05) is 0 Å². The van der Waals surface area contributed by atoms with Crippen molar-refractivity contribution in [3.05, 3.63) is 34.4 Å². The molecule has 0 saturated carbocycles. The average Bonchev–Trinajstić information content (AvgIpc) is 2.22. The van der Waals surface area contributed by atoms with Crippen LogP contribution >= 0.6 is 0 Å². The standard InChI is InChI=1S/C10H10O4.OSi2/c1-5-6(2)8(10(13)14)4-3-7(5)9(11)12;2-1-3/h3-4H,1-2H3,(H,11,12)(H,13,14);. The first kappa shape index (κ1) is 15.6. The van der Waals surface area contributed by atoms with Gasteiger partial charge in [0.05, 0.1) is 11.1 Å². The highest BCUT2D eigenvalue weighted by atomic mass is 28.3. The van der Waals surface area contributed by atoms with Crippen LogP contribution in [-0.2, 0) is 4.12 Å². The summed E-state index contributed by atoms with van der Waals surface area (Å²) >= 11 is 0. The summed E-state index contributed by atoms with van der Waals surface area (Å²) in [6.07, 6.45) is 0. The van der Waals surface area contributed by atoms with Crippen molar-refractivity contribution >= 4 is 32.9 Å². The number of aromatic carboxylic acids is 2. The smallest absolute Gasteiger partial charge is 0.335 e. The highest BCUT2D eigenvalue weighted by Gasteiger charge is 2.14. The molecule has 5 nitrogen and oxygen atoms in total. The zero-order chi connectivity index (χ0) is 13.6. The predicted octanol–water partition coefficient (Wildman–Crippen LogP) is 0.870. The molecule has 0 spiro atoms. The first-order valence-electron chi connectivity index (χ1n) is 4.42. The maximum Gasteiger partial charge on any atom is 0.335 e. The maximum atomic E-state index is 10.7. The van der Waals surface area contributed by atoms with Crippen molar-refractivity contribution in [1.82, 2.24) is 0 Å². The minimum atomic E-state index is -1.04. The number of hydrogen-bond acceptors (Lipinski definition) is 3. The SMILES string of the molecule is Cc1c(C(=O)O)ccc(C(=O)O)c1C.[Si]O[Si]. The monoisotopic (exact) mass is 266 g/mol. The Morgan fingerprint density at radius 2 is 1.24 bits per heavy atom. The van der Waals surface area contributed by atoms with Crippen LogP contribution in [0.3, 0.4) is 0 Å². The van der Waals surface area contributed by atoms with E-state index in [-0.39, 0.29) is 11.1 Å². The molecule has 6 radical (unpaired) electrons. The number of rotatable bonds is 2. The summed E-state index contributed by atoms with van der Waals surface area (Å²) in [4.78, 5) is 21.4. The third-order valence-corrected chi connectivity index (χ3v) is 2.25. The van der Waals surface area contributed by atoms with E-state index < -0.39 is 11.9 Å². The van der Waals surface area contributed by atoms with Crippen LogP contribution in [0.15, 0.2) is 12.1 Å². The second-order valence-electron chi connectivity index (χ2n) is 3.12. The molecule has 7 heteroatoms. The molecule has 0 unspecified atom stereocenters. The predicted molar refractivity (Wildman–Crippen MR) is 62.4 cm³/mol. The lowest BCUT2D eigenvalue weighted by molar-refractivity contribution is 0.0679. The first-order chi connectivity index (χ1) is 7.86. The van der Waals surface area contributed by atoms with E-state index in [2.05, 4.69) is 25.1 Å². The molecule has 0 aliphatic rings. The summed E-state index contributed by atoms with van der Waals surface area (Å²) in [5, 5.41) is 17.5. The van der Waals surface area contributed by atoms with Gasteiger partial charge >= 0.3 is 11.9 Å². The van der Waals surface area contributed by atoms with Crippen molar-refractivity contribution < 1.29 is 23.9 Å². The first-order valence-corrected chi connectivity index (χ1v) is 5.24. The van der Waals surface area contributed by atoms with Gasteiger partial charge in [-0.15, -0.1) is 0 Å². The van der Waals surface area contributed by atoms with E-state index >= 15 is 0 Å². The molecule has 0 saturated heterocycles. The lowest BCUT2D eigenvalue weighted by Crippen LogP contribution is -2.06. The van der Waals surface area contributed by atoms with Crippen LogP contribution in [0.4, 0.5) is 0 Å². The van der Waals surface area contributed by atoms with E-state index in [1.165, 1.54) is 12.1 Å². The molecule has 0 heterocycles. The highest BCUT2D eigenvalue weighted by molar-refractivity contribution is 6.15. The van der Waals surface area contributed by atoms with Gasteiger partial charge in [0.1, 0.15) is 0 Å². The third kappa shape index (κ3) is 4.13. The van der Waals surface area contributed by atoms with Gasteiger partial charge in [0.2, 0.25) is 21.0 Å². The van der Waals surface area contributed by atoms with Crippen molar-refractivity contribution in [3.8, 4) is 0 Å². The molecule has 0 aliphatic carbocycles. The zero-order valence-corrected chi connectivity index (χ0v) is 11.3. The average molecular weight is 266 g/mol. The minimum absolute atomic E-state index is 0.146. The van der Waals surface area contributed by atoms with E-state index in [1.54, 1.807) is 13.8 Å². The molecule has 0 aliphatic heterocycles. The molecular weight excluding hydrogens is 256 g/mol. The Balaban J connectivity index is 0.000000770. The number of hydrogen-bond donors (Lipinski definition) is 2. The van der Waals surface area contributed by atoms with E-state index in [0.717, 1.165) is 0 Å². The van der Waals surface area contributed by atoms with Gasteiger partial charge in [0, 0.05) is 0 Å². The van der Waals surface area contributed by atoms with Gasteiger partial charge in [-0.2, -0.15) is 0 Å². The van der Waals surface area contributed by atoms with Crippen molar-refractivity contribution in [2.45, 2.75) is 13.8 Å². The Bertz CT molecular complexity index is 392. The van der Waals surface area contributed by atoms with Gasteiger partial charge in [0.25, 0.3) is 0 Å². The molecule has 2 N–H and O–H groups in total. The maximum absolute atomic E-state index is 10.7. The van der Waals surface area contributed by atoms with Gasteiger partial charge in [-0.3, -0.25) is 0 Å². The molecule has 1 aromatic carbocycles. The fourth-order valence-corrected chi connectivity index (χ4v) is 1.28. The Morgan fingerprint density at radius 1 is 1.00 bits per heavy atom. The number of carboxylic acids is 2. The second-order valence-corrected chi connectivity index (χ2v) is 3.94. The van der Waals surface area contributed by atoms with E-state index in [4.69, 9.17) is 10.2 Å². The lowest BCUT2D eigenvalue weighted by atomic mass is 9.98. The van der Waals surface area contributed by atoms with Crippen LogP contribution in [-0.4, -0.2) is 43.1 Å². The second kappa shape index (κ2) is 6.99. The van der Waals surface area contributed by atoms with Crippen LogP contribution in [0, 0.1) is 13.8 Å². The molecule has 17 heavy (non-hydrogen) atoms. The van der Waals surface area contributed by atoms with Crippen LogP contribution in [0.5, 0.6) is 0 Å². The highest BCUT2D eigenvalue weighted by Crippen LogP contribution is 2.17. The van der Waals surface area contributed by atoms with Crippen LogP contribution in [0.2, 0.25) is 0 Å². The van der Waals surface area contributed by atoms with Gasteiger partial charge in [-0.05, 0) is 37.1 Å². The fraction of sp³-hybridized carbons (Fsp3) is 0.200. The summed E-state index contributed by atoms with van der Waals surface area (Å²) in [7, 11) is 5.19. The molecule has 1 aromatic rings. The quantitative estimate of drug-likeness (QED) is 0.776. The van der Waals surface area contributed by atoms with Crippen molar-refractivity contribution in [2.24, 2.45) is 0 Å². The largest absolute Gasteiger partial charge is 0.478 e. The van der Waals surface area contributed by atoms with Gasteiger partial charge in [-0.25, -0.2) is 9.59 Å². The molecule has 0 fully saturated rings. The lowest BCUT2D eigenvalue weighted by Gasteiger charge is -2.07. The van der Waals surface area contributed by atoms with E-state index in [9.17, 15) is 9.59 Å². The van der Waals surface area contributed by atoms with Crippen LogP contribution < -0.4 is 0 Å². The molecule has 0 bridgehead atoms. The van der Waals surface area contributed by atoms with Gasteiger partial charge in [-0.1, -0.05) is 0 Å². The van der Waals surface area contributed by atoms with Crippen LogP contribution in [0.1, 0.15) is 31.8 Å². The normalized spacial score (nSPS) is 9.18. The topological polar surface area (TPSA) is 83.8 Å². The molecule has 1 rings (SSSR count). The fourth-order valence-electron chi connectivity index (χ4n) is 1.28. The van der Waals surface area contributed by atoms with Gasteiger partial charge in [0.15, 0.2) is 0 Å². The van der Waals surface area contributed by atoms with Crippen molar-refractivity contribution in [3.63, 3.8) is 0 Å². The molecular formula is C10H10O5Si2. The van der Waals surface area contributed by atoms with E-state index in [0.29, 0.717) is 11.1 Å². The number of benzene rings is 1. The van der Waals surface area contributed by atoms with Crippen molar-refractivity contribution in [1.29, 1.82) is 0 Å². The summed E-state index contributed by atoms with van der Waals surface area (Å²) in [6, 6.07) is 2.63. The molecule has 0 atom stereocenters. The summed E-state index contributed by atoms with van der Waals surface area (Å²) < 4.78 is 3.86. The molecule has 0 amide bonds. The Hall–Kier alpha value is -1.45. The Kier molecular flexibility index (Phi) is 6.40. The zero-order valence-electron chi connectivity index (χ0n) is 9.27. The molecule has 88 valence electrons.